The van der Waals surface area contributed by atoms with Crippen LogP contribution >= 0.6 is 34.8 Å². The van der Waals surface area contributed by atoms with Crippen LogP contribution in [0, 0.1) is 0 Å². The van der Waals surface area contributed by atoms with Crippen molar-refractivity contribution in [2.75, 3.05) is 0 Å². The second-order valence-corrected chi connectivity index (χ2v) is 6.14. The Balaban J connectivity index is 3.39. The number of alkyl halides is 5. The van der Waals surface area contributed by atoms with Gasteiger partial charge < -0.3 is 5.11 Å². The Bertz CT molecular complexity index is 495. The molecule has 0 aliphatic rings. The van der Waals surface area contributed by atoms with Gasteiger partial charge in [0.25, 0.3) is 0 Å². The van der Waals surface area contributed by atoms with Crippen molar-refractivity contribution in [3.05, 3.63) is 34.3 Å². The summed E-state index contributed by atoms with van der Waals surface area (Å²) in [5.74, 6) is -2.93. The Labute approximate surface area is 122 Å². The lowest BCUT2D eigenvalue weighted by Gasteiger charge is -2.23. The standard InChI is InChI=1S/C11H8Cl3F3O2/c1-10(13,14)8(9(18)19)5-2-3-7(12)6(4-5)11(15,16)17/h2-4,8H,1H3,(H,18,19)/t8-/m0/s1. The van der Waals surface area contributed by atoms with Gasteiger partial charge in [-0.1, -0.05) is 17.7 Å². The average Bonchev–Trinajstić information content (AvgIpc) is 2.16. The van der Waals surface area contributed by atoms with Gasteiger partial charge >= 0.3 is 12.1 Å². The molecule has 106 valence electrons. The predicted octanol–water partition coefficient (Wildman–Crippen LogP) is 4.72. The number of aliphatic carboxylic acids is 1. The topological polar surface area (TPSA) is 37.3 Å². The van der Waals surface area contributed by atoms with E-state index in [1.807, 2.05) is 0 Å². The Morgan fingerprint density at radius 3 is 2.21 bits per heavy atom. The van der Waals surface area contributed by atoms with Crippen LogP contribution in [0.1, 0.15) is 24.0 Å². The summed E-state index contributed by atoms with van der Waals surface area (Å²) in [5, 5.41) is 8.52. The smallest absolute Gasteiger partial charge is 0.417 e. The molecule has 0 amide bonds. The second kappa shape index (κ2) is 5.38. The molecule has 0 fully saturated rings. The van der Waals surface area contributed by atoms with Crippen LogP contribution in [0.3, 0.4) is 0 Å². The lowest BCUT2D eigenvalue weighted by atomic mass is 9.94. The first-order valence-electron chi connectivity index (χ1n) is 4.92. The number of halogens is 6. The van der Waals surface area contributed by atoms with Crippen LogP contribution in [-0.4, -0.2) is 15.4 Å². The molecule has 1 rings (SSSR count). The molecule has 2 nitrogen and oxygen atoms in total. The van der Waals surface area contributed by atoms with Gasteiger partial charge in [0.1, 0.15) is 10.3 Å². The molecule has 8 heteroatoms. The highest BCUT2D eigenvalue weighted by Crippen LogP contribution is 2.41. The van der Waals surface area contributed by atoms with E-state index in [-0.39, 0.29) is 5.56 Å². The van der Waals surface area contributed by atoms with Crippen LogP contribution in [0.5, 0.6) is 0 Å². The number of carbonyl (C=O) groups is 1. The summed E-state index contributed by atoms with van der Waals surface area (Å²) in [6.45, 7) is 1.19. The molecule has 1 atom stereocenters. The van der Waals surface area contributed by atoms with E-state index in [2.05, 4.69) is 0 Å². The number of carboxylic acid groups (broad SMARTS) is 1. The summed E-state index contributed by atoms with van der Waals surface area (Å²) in [6, 6.07) is 2.76. The third-order valence-electron chi connectivity index (χ3n) is 2.38. The van der Waals surface area contributed by atoms with Crippen LogP contribution in [-0.2, 0) is 11.0 Å². The van der Waals surface area contributed by atoms with E-state index in [9.17, 15) is 18.0 Å². The molecule has 0 bridgehead atoms. The normalized spacial score (nSPS) is 14.3. The van der Waals surface area contributed by atoms with E-state index in [1.54, 1.807) is 0 Å². The molecule has 1 N–H and O–H groups in total. The summed E-state index contributed by atoms with van der Waals surface area (Å²) < 4.78 is 36.3. The Morgan fingerprint density at radius 1 is 1.32 bits per heavy atom. The van der Waals surface area contributed by atoms with Crippen molar-refractivity contribution in [2.45, 2.75) is 23.4 Å². The summed E-state index contributed by atoms with van der Waals surface area (Å²) in [4.78, 5) is 11.1. The van der Waals surface area contributed by atoms with Crippen LogP contribution in [0.25, 0.3) is 0 Å². The third-order valence-corrected chi connectivity index (χ3v) is 3.15. The summed E-state index contributed by atoms with van der Waals surface area (Å²) in [6.07, 6.45) is -4.69. The van der Waals surface area contributed by atoms with Gasteiger partial charge in [0.15, 0.2) is 0 Å². The lowest BCUT2D eigenvalue weighted by molar-refractivity contribution is -0.140. The molecule has 0 unspecified atom stereocenters. The second-order valence-electron chi connectivity index (χ2n) is 3.96. The summed E-state index contributed by atoms with van der Waals surface area (Å²) >= 11 is 16.9. The Morgan fingerprint density at radius 2 is 1.84 bits per heavy atom. The SMILES string of the molecule is CC(Cl)(Cl)[C@H](C(=O)O)c1ccc(Cl)c(C(F)(F)F)c1. The van der Waals surface area contributed by atoms with Gasteiger partial charge in [0, 0.05) is 0 Å². The van der Waals surface area contributed by atoms with Gasteiger partial charge in [-0.15, -0.1) is 23.2 Å². The van der Waals surface area contributed by atoms with Gasteiger partial charge in [-0.3, -0.25) is 4.79 Å². The quantitative estimate of drug-likeness (QED) is 0.812. The molecular formula is C11H8Cl3F3O2. The first kappa shape index (κ1) is 16.4. The van der Waals surface area contributed by atoms with Crippen LogP contribution in [0.15, 0.2) is 18.2 Å². The highest BCUT2D eigenvalue weighted by molar-refractivity contribution is 6.49. The van der Waals surface area contributed by atoms with Gasteiger partial charge in [-0.05, 0) is 24.6 Å². The zero-order valence-electron chi connectivity index (χ0n) is 9.43. The number of rotatable bonds is 3. The lowest BCUT2D eigenvalue weighted by Crippen LogP contribution is -2.28. The van der Waals surface area contributed by atoms with Crippen molar-refractivity contribution in [1.29, 1.82) is 0 Å². The monoisotopic (exact) mass is 334 g/mol. The van der Waals surface area contributed by atoms with Crippen LogP contribution < -0.4 is 0 Å². The molecule has 0 aliphatic heterocycles. The van der Waals surface area contributed by atoms with Crippen LogP contribution in [0.4, 0.5) is 13.2 Å². The number of hydrogen-bond acceptors (Lipinski definition) is 1. The first-order valence-corrected chi connectivity index (χ1v) is 6.05. The molecule has 0 spiro atoms. The molecule has 0 saturated carbocycles. The van der Waals surface area contributed by atoms with Crippen molar-refractivity contribution in [3.8, 4) is 0 Å². The van der Waals surface area contributed by atoms with Gasteiger partial charge in [0.2, 0.25) is 0 Å². The first-order chi connectivity index (χ1) is 8.44. The molecule has 1 aromatic carbocycles. The minimum atomic E-state index is -4.69. The molecule has 0 aromatic heterocycles. The molecule has 1 aromatic rings. The molecule has 0 aliphatic carbocycles. The van der Waals surface area contributed by atoms with Crippen LogP contribution in [0.2, 0.25) is 5.02 Å². The minimum Gasteiger partial charge on any atom is -0.481 e. The van der Waals surface area contributed by atoms with Crippen molar-refractivity contribution >= 4 is 40.8 Å². The maximum atomic E-state index is 12.7. The molecule has 19 heavy (non-hydrogen) atoms. The maximum absolute atomic E-state index is 12.7. The van der Waals surface area contributed by atoms with Gasteiger partial charge in [-0.2, -0.15) is 13.2 Å². The van der Waals surface area contributed by atoms with Crippen molar-refractivity contribution in [3.63, 3.8) is 0 Å². The Hall–Kier alpha value is -0.650. The maximum Gasteiger partial charge on any atom is 0.417 e. The third kappa shape index (κ3) is 3.91. The fraction of sp³-hybridized carbons (Fsp3) is 0.364. The Kier molecular flexibility index (Phi) is 4.65. The van der Waals surface area contributed by atoms with Crippen molar-refractivity contribution < 1.29 is 23.1 Å². The fourth-order valence-corrected chi connectivity index (χ4v) is 2.26. The van der Waals surface area contributed by atoms with Gasteiger partial charge in [0.05, 0.1) is 10.6 Å². The van der Waals surface area contributed by atoms with E-state index in [0.717, 1.165) is 12.1 Å². The molecule has 0 heterocycles. The molecule has 0 saturated heterocycles. The largest absolute Gasteiger partial charge is 0.481 e. The number of benzene rings is 1. The highest BCUT2D eigenvalue weighted by atomic mass is 35.5. The zero-order chi connectivity index (χ0) is 15.0. The van der Waals surface area contributed by atoms with E-state index in [4.69, 9.17) is 39.9 Å². The van der Waals surface area contributed by atoms with E-state index >= 15 is 0 Å². The molecular weight excluding hydrogens is 327 g/mol. The van der Waals surface area contributed by atoms with Gasteiger partial charge in [-0.25, -0.2) is 0 Å². The molecule has 0 radical (unpaired) electrons. The van der Waals surface area contributed by atoms with Crippen molar-refractivity contribution in [2.24, 2.45) is 0 Å². The summed E-state index contributed by atoms with van der Waals surface area (Å²) in [7, 11) is 0. The van der Waals surface area contributed by atoms with Crippen molar-refractivity contribution in [1.82, 2.24) is 0 Å². The van der Waals surface area contributed by atoms with E-state index < -0.39 is 33.0 Å². The fourth-order valence-electron chi connectivity index (χ4n) is 1.59. The number of hydrogen-bond donors (Lipinski definition) is 1. The average molecular weight is 336 g/mol. The minimum absolute atomic E-state index is 0.170. The van der Waals surface area contributed by atoms with E-state index in [0.29, 0.717) is 6.07 Å². The number of carboxylic acids is 1. The summed E-state index contributed by atoms with van der Waals surface area (Å²) in [5.41, 5.74) is -1.30. The zero-order valence-corrected chi connectivity index (χ0v) is 11.7. The highest BCUT2D eigenvalue weighted by Gasteiger charge is 2.40. The van der Waals surface area contributed by atoms with E-state index in [1.165, 1.54) is 6.92 Å². The predicted molar refractivity (Wildman–Crippen MR) is 66.9 cm³/mol.